The van der Waals surface area contributed by atoms with Crippen LogP contribution in [0, 0.1) is 0 Å². The highest BCUT2D eigenvalue weighted by Gasteiger charge is 2.22. The average molecular weight is 235 g/mol. The number of nitrogens with two attached hydrogens (primary N) is 1. The summed E-state index contributed by atoms with van der Waals surface area (Å²) in [5, 5.41) is 0. The summed E-state index contributed by atoms with van der Waals surface area (Å²) in [6.07, 6.45) is 4.37. The lowest BCUT2D eigenvalue weighted by atomic mass is 9.99. The third kappa shape index (κ3) is 2.25. The summed E-state index contributed by atoms with van der Waals surface area (Å²) in [4.78, 5) is 0. The molecule has 0 radical (unpaired) electrons. The Morgan fingerprint density at radius 3 is 2.71 bits per heavy atom. The molecule has 1 aromatic carbocycles. The summed E-state index contributed by atoms with van der Waals surface area (Å²) in [7, 11) is 1.72. The highest BCUT2D eigenvalue weighted by atomic mass is 16.5. The van der Waals surface area contributed by atoms with Crippen molar-refractivity contribution in [3.8, 4) is 11.5 Å². The molecule has 0 fully saturated rings. The van der Waals surface area contributed by atoms with Crippen LogP contribution in [0.25, 0.3) is 0 Å². The van der Waals surface area contributed by atoms with Crippen molar-refractivity contribution in [1.82, 2.24) is 0 Å². The van der Waals surface area contributed by atoms with E-state index in [4.69, 9.17) is 15.2 Å². The van der Waals surface area contributed by atoms with Gasteiger partial charge in [-0.1, -0.05) is 0 Å². The minimum atomic E-state index is 0.664. The molecule has 0 aromatic heterocycles. The summed E-state index contributed by atoms with van der Waals surface area (Å²) in [6.45, 7) is 3.34. The predicted molar refractivity (Wildman–Crippen MR) is 68.9 cm³/mol. The molecule has 2 rings (SSSR count). The Morgan fingerprint density at radius 1 is 1.29 bits per heavy atom. The van der Waals surface area contributed by atoms with Gasteiger partial charge < -0.3 is 15.2 Å². The third-order valence-corrected chi connectivity index (χ3v) is 3.33. The van der Waals surface area contributed by atoms with Crippen LogP contribution in [-0.4, -0.2) is 20.3 Å². The largest absolute Gasteiger partial charge is 0.493 e. The van der Waals surface area contributed by atoms with E-state index in [9.17, 15) is 0 Å². The van der Waals surface area contributed by atoms with E-state index in [1.54, 1.807) is 7.11 Å². The van der Waals surface area contributed by atoms with Gasteiger partial charge in [0.15, 0.2) is 11.5 Å². The van der Waals surface area contributed by atoms with Crippen molar-refractivity contribution >= 4 is 0 Å². The molecule has 0 atom stereocenters. The van der Waals surface area contributed by atoms with Crippen molar-refractivity contribution in [3.05, 3.63) is 22.8 Å². The normalized spacial score (nSPS) is 13.6. The zero-order chi connectivity index (χ0) is 12.3. The maximum Gasteiger partial charge on any atom is 0.164 e. The Labute approximate surface area is 103 Å². The SMILES string of the molecule is CCOc1cc(CCN)c2c(c1OC)CCC2. The van der Waals surface area contributed by atoms with E-state index < -0.39 is 0 Å². The van der Waals surface area contributed by atoms with Gasteiger partial charge in [0.1, 0.15) is 0 Å². The maximum atomic E-state index is 5.68. The Balaban J connectivity index is 2.49. The molecule has 2 N–H and O–H groups in total. The van der Waals surface area contributed by atoms with E-state index in [2.05, 4.69) is 6.07 Å². The topological polar surface area (TPSA) is 44.5 Å². The van der Waals surface area contributed by atoms with Crippen LogP contribution >= 0.6 is 0 Å². The molecule has 17 heavy (non-hydrogen) atoms. The summed E-state index contributed by atoms with van der Waals surface area (Å²) in [5.41, 5.74) is 9.79. The average Bonchev–Trinajstić information content (AvgIpc) is 2.79. The van der Waals surface area contributed by atoms with Gasteiger partial charge in [0.05, 0.1) is 13.7 Å². The minimum absolute atomic E-state index is 0.664. The number of hydrogen-bond acceptors (Lipinski definition) is 3. The first-order chi connectivity index (χ1) is 8.31. The monoisotopic (exact) mass is 235 g/mol. The van der Waals surface area contributed by atoms with E-state index in [1.165, 1.54) is 23.1 Å². The third-order valence-electron chi connectivity index (χ3n) is 3.33. The molecule has 0 aliphatic heterocycles. The summed E-state index contributed by atoms with van der Waals surface area (Å²) < 4.78 is 11.2. The number of methoxy groups -OCH3 is 1. The maximum absolute atomic E-state index is 5.68. The fourth-order valence-electron chi connectivity index (χ4n) is 2.67. The van der Waals surface area contributed by atoms with Crippen molar-refractivity contribution in [2.75, 3.05) is 20.3 Å². The molecule has 0 heterocycles. The highest BCUT2D eigenvalue weighted by molar-refractivity contribution is 5.56. The fourth-order valence-corrected chi connectivity index (χ4v) is 2.67. The second-order valence-electron chi connectivity index (χ2n) is 4.35. The first kappa shape index (κ1) is 12.2. The zero-order valence-electron chi connectivity index (χ0n) is 10.7. The molecule has 94 valence electrons. The second kappa shape index (κ2) is 5.41. The minimum Gasteiger partial charge on any atom is -0.493 e. The number of ether oxygens (including phenoxy) is 2. The first-order valence-corrected chi connectivity index (χ1v) is 6.36. The lowest BCUT2D eigenvalue weighted by Gasteiger charge is -2.17. The van der Waals surface area contributed by atoms with Crippen LogP contribution in [0.2, 0.25) is 0 Å². The van der Waals surface area contributed by atoms with Crippen LogP contribution in [0.1, 0.15) is 30.0 Å². The lowest BCUT2D eigenvalue weighted by Crippen LogP contribution is -2.07. The van der Waals surface area contributed by atoms with Gasteiger partial charge in [0.25, 0.3) is 0 Å². The molecule has 0 spiro atoms. The number of benzene rings is 1. The van der Waals surface area contributed by atoms with Gasteiger partial charge in [-0.25, -0.2) is 0 Å². The predicted octanol–water partition coefficient (Wildman–Crippen LogP) is 2.08. The summed E-state index contributed by atoms with van der Waals surface area (Å²) >= 11 is 0. The standard InChI is InChI=1S/C14H21NO2/c1-3-17-13-9-10(7-8-15)11-5-4-6-12(11)14(13)16-2/h9H,3-8,15H2,1-2H3. The van der Waals surface area contributed by atoms with E-state index >= 15 is 0 Å². The van der Waals surface area contributed by atoms with Crippen molar-refractivity contribution in [2.24, 2.45) is 5.73 Å². The fraction of sp³-hybridized carbons (Fsp3) is 0.571. The molecule has 1 aromatic rings. The van der Waals surface area contributed by atoms with Gasteiger partial charge in [0, 0.05) is 5.56 Å². The van der Waals surface area contributed by atoms with Crippen LogP contribution in [0.3, 0.4) is 0 Å². The van der Waals surface area contributed by atoms with Gasteiger partial charge in [0.2, 0.25) is 0 Å². The zero-order valence-corrected chi connectivity index (χ0v) is 10.7. The Kier molecular flexibility index (Phi) is 3.89. The van der Waals surface area contributed by atoms with E-state index in [-0.39, 0.29) is 0 Å². The summed E-state index contributed by atoms with van der Waals surface area (Å²) in [5.74, 6) is 1.80. The van der Waals surface area contributed by atoms with Gasteiger partial charge in [-0.05, 0) is 56.3 Å². The van der Waals surface area contributed by atoms with Crippen LogP contribution in [0.4, 0.5) is 0 Å². The summed E-state index contributed by atoms with van der Waals surface area (Å²) in [6, 6.07) is 2.11. The lowest BCUT2D eigenvalue weighted by molar-refractivity contribution is 0.309. The van der Waals surface area contributed by atoms with E-state index in [1.807, 2.05) is 6.92 Å². The van der Waals surface area contributed by atoms with Crippen LogP contribution in [0.15, 0.2) is 6.07 Å². The first-order valence-electron chi connectivity index (χ1n) is 6.36. The number of hydrogen-bond donors (Lipinski definition) is 1. The highest BCUT2D eigenvalue weighted by Crippen LogP contribution is 2.40. The van der Waals surface area contributed by atoms with Crippen LogP contribution in [0.5, 0.6) is 11.5 Å². The van der Waals surface area contributed by atoms with Crippen LogP contribution < -0.4 is 15.2 Å². The van der Waals surface area contributed by atoms with Crippen molar-refractivity contribution < 1.29 is 9.47 Å². The van der Waals surface area contributed by atoms with Crippen molar-refractivity contribution in [3.63, 3.8) is 0 Å². The van der Waals surface area contributed by atoms with Gasteiger partial charge >= 0.3 is 0 Å². The smallest absolute Gasteiger partial charge is 0.164 e. The van der Waals surface area contributed by atoms with E-state index in [0.29, 0.717) is 13.2 Å². The number of fused-ring (bicyclic) bond motifs is 1. The molecule has 3 nitrogen and oxygen atoms in total. The Bertz CT molecular complexity index is 402. The molecule has 1 aliphatic carbocycles. The second-order valence-corrected chi connectivity index (χ2v) is 4.35. The van der Waals surface area contributed by atoms with Crippen molar-refractivity contribution in [1.29, 1.82) is 0 Å². The quantitative estimate of drug-likeness (QED) is 0.850. The van der Waals surface area contributed by atoms with Crippen LogP contribution in [-0.2, 0) is 19.3 Å². The Morgan fingerprint density at radius 2 is 2.06 bits per heavy atom. The molecular weight excluding hydrogens is 214 g/mol. The molecule has 0 bridgehead atoms. The van der Waals surface area contributed by atoms with Gasteiger partial charge in [-0.15, -0.1) is 0 Å². The molecule has 3 heteroatoms. The molecule has 0 saturated heterocycles. The van der Waals surface area contributed by atoms with Crippen molar-refractivity contribution in [2.45, 2.75) is 32.6 Å². The molecule has 0 amide bonds. The molecular formula is C14H21NO2. The van der Waals surface area contributed by atoms with E-state index in [0.717, 1.165) is 30.8 Å². The molecule has 0 saturated carbocycles. The van der Waals surface area contributed by atoms with Gasteiger partial charge in [-0.3, -0.25) is 0 Å². The number of rotatable bonds is 5. The Hall–Kier alpha value is -1.22. The molecule has 0 unspecified atom stereocenters. The molecule has 1 aliphatic rings. The van der Waals surface area contributed by atoms with Gasteiger partial charge in [-0.2, -0.15) is 0 Å².